The first kappa shape index (κ1) is 11.1. The number of aryl methyl sites for hydroxylation is 1. The average Bonchev–Trinajstić information content (AvgIpc) is 2.60. The minimum atomic E-state index is -0.473. The van der Waals surface area contributed by atoms with Gasteiger partial charge in [-0.3, -0.25) is 4.79 Å². The second kappa shape index (κ2) is 5.07. The Balaban J connectivity index is 2.43. The highest BCUT2D eigenvalue weighted by molar-refractivity contribution is 7.09. The zero-order valence-electron chi connectivity index (χ0n) is 8.28. The molecule has 0 spiro atoms. The summed E-state index contributed by atoms with van der Waals surface area (Å²) in [4.78, 5) is 15.4. The Bertz CT molecular complexity index is 312. The van der Waals surface area contributed by atoms with Crippen molar-refractivity contribution in [3.05, 3.63) is 16.1 Å². The van der Waals surface area contributed by atoms with E-state index in [0.29, 0.717) is 12.1 Å². The first-order valence-corrected chi connectivity index (χ1v) is 5.39. The van der Waals surface area contributed by atoms with Crippen LogP contribution in [0.4, 0.5) is 0 Å². The molecule has 1 atom stereocenters. The summed E-state index contributed by atoms with van der Waals surface area (Å²) < 4.78 is 0. The van der Waals surface area contributed by atoms with Gasteiger partial charge in [-0.05, 0) is 13.3 Å². The first-order valence-electron chi connectivity index (χ1n) is 4.52. The van der Waals surface area contributed by atoms with Gasteiger partial charge in [-0.15, -0.1) is 11.3 Å². The highest BCUT2D eigenvalue weighted by Crippen LogP contribution is 2.07. The van der Waals surface area contributed by atoms with Crippen molar-refractivity contribution in [1.29, 1.82) is 0 Å². The van der Waals surface area contributed by atoms with Gasteiger partial charge in [0.15, 0.2) is 0 Å². The van der Waals surface area contributed by atoms with Gasteiger partial charge in [0.2, 0.25) is 0 Å². The van der Waals surface area contributed by atoms with Crippen LogP contribution in [0.1, 0.15) is 28.8 Å². The molecule has 1 amide bonds. The van der Waals surface area contributed by atoms with Gasteiger partial charge in [-0.2, -0.15) is 0 Å². The van der Waals surface area contributed by atoms with Gasteiger partial charge in [0.25, 0.3) is 5.91 Å². The molecular formula is C9H14N2O2S. The van der Waals surface area contributed by atoms with Crippen LogP contribution in [-0.2, 0) is 0 Å². The zero-order valence-corrected chi connectivity index (χ0v) is 9.10. The Kier molecular flexibility index (Phi) is 4.03. The van der Waals surface area contributed by atoms with Crippen molar-refractivity contribution in [1.82, 2.24) is 10.3 Å². The maximum absolute atomic E-state index is 11.4. The van der Waals surface area contributed by atoms with Crippen molar-refractivity contribution >= 4 is 17.2 Å². The van der Waals surface area contributed by atoms with Crippen molar-refractivity contribution in [3.8, 4) is 0 Å². The predicted octanol–water partition coefficient (Wildman–Crippen LogP) is 0.952. The number of aliphatic hydroxyl groups excluding tert-OH is 1. The lowest BCUT2D eigenvalue weighted by Gasteiger charge is -2.07. The quantitative estimate of drug-likeness (QED) is 0.784. The van der Waals surface area contributed by atoms with Crippen molar-refractivity contribution < 1.29 is 9.90 Å². The van der Waals surface area contributed by atoms with Gasteiger partial charge in [0.05, 0.1) is 11.1 Å². The van der Waals surface area contributed by atoms with Crippen molar-refractivity contribution in [3.63, 3.8) is 0 Å². The summed E-state index contributed by atoms with van der Waals surface area (Å²) in [6, 6.07) is 0. The number of amides is 1. The van der Waals surface area contributed by atoms with Crippen LogP contribution in [0.25, 0.3) is 0 Å². The van der Waals surface area contributed by atoms with E-state index in [4.69, 9.17) is 0 Å². The van der Waals surface area contributed by atoms with Crippen LogP contribution in [0.3, 0.4) is 0 Å². The van der Waals surface area contributed by atoms with E-state index in [0.717, 1.165) is 5.01 Å². The number of aromatic nitrogens is 1. The molecule has 0 aliphatic carbocycles. The molecule has 14 heavy (non-hydrogen) atoms. The number of carbonyl (C=O) groups excluding carboxylic acids is 1. The number of thiazole rings is 1. The number of rotatable bonds is 4. The molecule has 4 nitrogen and oxygen atoms in total. The molecule has 1 heterocycles. The Morgan fingerprint density at radius 2 is 2.50 bits per heavy atom. The molecule has 0 saturated heterocycles. The maximum Gasteiger partial charge on any atom is 0.270 e. The fourth-order valence-corrected chi connectivity index (χ4v) is 1.51. The number of aliphatic hydroxyl groups is 1. The summed E-state index contributed by atoms with van der Waals surface area (Å²) >= 11 is 1.44. The highest BCUT2D eigenvalue weighted by Gasteiger charge is 2.10. The molecule has 0 aromatic carbocycles. The average molecular weight is 214 g/mol. The van der Waals surface area contributed by atoms with E-state index in [-0.39, 0.29) is 12.5 Å². The van der Waals surface area contributed by atoms with E-state index >= 15 is 0 Å². The van der Waals surface area contributed by atoms with Crippen molar-refractivity contribution in [2.45, 2.75) is 26.4 Å². The Labute approximate surface area is 87.0 Å². The van der Waals surface area contributed by atoms with Crippen LogP contribution in [0, 0.1) is 6.92 Å². The molecule has 1 aromatic heterocycles. The highest BCUT2D eigenvalue weighted by atomic mass is 32.1. The number of nitrogens with one attached hydrogen (secondary N) is 1. The summed E-state index contributed by atoms with van der Waals surface area (Å²) in [6.07, 6.45) is 0.162. The first-order chi connectivity index (χ1) is 6.63. The summed E-state index contributed by atoms with van der Waals surface area (Å²) in [5.74, 6) is -0.221. The van der Waals surface area contributed by atoms with Crippen molar-refractivity contribution in [2.24, 2.45) is 0 Å². The van der Waals surface area contributed by atoms with Crippen LogP contribution in [0.15, 0.2) is 5.38 Å². The smallest absolute Gasteiger partial charge is 0.270 e. The second-order valence-electron chi connectivity index (χ2n) is 3.02. The van der Waals surface area contributed by atoms with Gasteiger partial charge in [-0.1, -0.05) is 6.92 Å². The number of nitrogens with zero attached hydrogens (tertiary/aromatic N) is 1. The van der Waals surface area contributed by atoms with Crippen LogP contribution in [0.2, 0.25) is 0 Å². The third-order valence-electron chi connectivity index (χ3n) is 1.82. The van der Waals surface area contributed by atoms with Gasteiger partial charge >= 0.3 is 0 Å². The zero-order chi connectivity index (χ0) is 10.6. The summed E-state index contributed by atoms with van der Waals surface area (Å²) in [5, 5.41) is 14.4. The molecule has 0 radical (unpaired) electrons. The summed E-state index contributed by atoms with van der Waals surface area (Å²) in [7, 11) is 0. The molecule has 78 valence electrons. The molecule has 1 rings (SSSR count). The maximum atomic E-state index is 11.4. The molecule has 1 unspecified atom stereocenters. The molecule has 0 fully saturated rings. The van der Waals surface area contributed by atoms with E-state index in [1.54, 1.807) is 5.38 Å². The van der Waals surface area contributed by atoms with E-state index < -0.39 is 6.10 Å². The fourth-order valence-electron chi connectivity index (χ4n) is 0.913. The molecule has 0 bridgehead atoms. The second-order valence-corrected chi connectivity index (χ2v) is 4.09. The fraction of sp³-hybridized carbons (Fsp3) is 0.556. The molecule has 0 aliphatic heterocycles. The summed E-state index contributed by atoms with van der Waals surface area (Å²) in [6.45, 7) is 4.00. The topological polar surface area (TPSA) is 62.2 Å². The molecule has 0 saturated carbocycles. The Morgan fingerprint density at radius 3 is 3.00 bits per heavy atom. The van der Waals surface area contributed by atoms with Gasteiger partial charge < -0.3 is 10.4 Å². The molecule has 0 aliphatic rings. The lowest BCUT2D eigenvalue weighted by molar-refractivity contribution is 0.0909. The number of hydrogen-bond donors (Lipinski definition) is 2. The van der Waals surface area contributed by atoms with Crippen LogP contribution < -0.4 is 5.32 Å². The lowest BCUT2D eigenvalue weighted by atomic mass is 10.3. The normalized spacial score (nSPS) is 12.5. The SMILES string of the molecule is CCC(O)CNC(=O)c1csc(C)n1. The molecule has 5 heteroatoms. The Morgan fingerprint density at radius 1 is 1.79 bits per heavy atom. The monoisotopic (exact) mass is 214 g/mol. The van der Waals surface area contributed by atoms with Crippen molar-refractivity contribution in [2.75, 3.05) is 6.54 Å². The van der Waals surface area contributed by atoms with E-state index in [1.807, 2.05) is 13.8 Å². The number of hydrogen-bond acceptors (Lipinski definition) is 4. The third kappa shape index (κ3) is 3.08. The van der Waals surface area contributed by atoms with Gasteiger partial charge in [0.1, 0.15) is 5.69 Å². The van der Waals surface area contributed by atoms with E-state index in [9.17, 15) is 9.90 Å². The van der Waals surface area contributed by atoms with E-state index in [1.165, 1.54) is 11.3 Å². The van der Waals surface area contributed by atoms with Crippen LogP contribution >= 0.6 is 11.3 Å². The van der Waals surface area contributed by atoms with Crippen LogP contribution in [0.5, 0.6) is 0 Å². The summed E-state index contributed by atoms with van der Waals surface area (Å²) in [5.41, 5.74) is 0.427. The van der Waals surface area contributed by atoms with Gasteiger partial charge in [-0.25, -0.2) is 4.98 Å². The predicted molar refractivity (Wildman–Crippen MR) is 55.5 cm³/mol. The van der Waals surface area contributed by atoms with Crippen LogP contribution in [-0.4, -0.2) is 28.6 Å². The molecular weight excluding hydrogens is 200 g/mol. The molecule has 1 aromatic rings. The lowest BCUT2D eigenvalue weighted by Crippen LogP contribution is -2.31. The van der Waals surface area contributed by atoms with E-state index in [2.05, 4.69) is 10.3 Å². The van der Waals surface area contributed by atoms with Gasteiger partial charge in [0, 0.05) is 11.9 Å². The minimum absolute atomic E-state index is 0.221. The largest absolute Gasteiger partial charge is 0.391 e. The standard InChI is InChI=1S/C9H14N2O2S/c1-3-7(12)4-10-9(13)8-5-14-6(2)11-8/h5,7,12H,3-4H2,1-2H3,(H,10,13). The number of carbonyl (C=O) groups is 1. The third-order valence-corrected chi connectivity index (χ3v) is 2.59. The minimum Gasteiger partial charge on any atom is -0.391 e. The Hall–Kier alpha value is -0.940. The molecule has 2 N–H and O–H groups in total.